The van der Waals surface area contributed by atoms with Crippen LogP contribution in [-0.4, -0.2) is 47.4 Å². The number of rotatable bonds is 68. The van der Waals surface area contributed by atoms with Gasteiger partial charge < -0.3 is 20.3 Å². The number of amides is 1. The number of esters is 1. The van der Waals surface area contributed by atoms with E-state index in [0.29, 0.717) is 25.9 Å². The average molecular weight is 1110 g/mol. The third-order valence-electron chi connectivity index (χ3n) is 17.0. The maximum atomic E-state index is 12.5. The molecule has 0 saturated heterocycles. The van der Waals surface area contributed by atoms with Gasteiger partial charge in [0.05, 0.1) is 25.4 Å². The number of nitrogens with one attached hydrogen (secondary N) is 1. The van der Waals surface area contributed by atoms with Crippen LogP contribution in [0.4, 0.5) is 0 Å². The third-order valence-corrected chi connectivity index (χ3v) is 17.0. The van der Waals surface area contributed by atoms with Gasteiger partial charge in [0.2, 0.25) is 5.91 Å². The van der Waals surface area contributed by atoms with Gasteiger partial charge in [0.15, 0.2) is 0 Å². The molecular weight excluding hydrogens is 971 g/mol. The summed E-state index contributed by atoms with van der Waals surface area (Å²) in [5, 5.41) is 23.4. The first-order chi connectivity index (χ1) is 39.0. The number of ether oxygens (including phenoxy) is 1. The molecule has 3 N–H and O–H groups in total. The Morgan fingerprint density at radius 3 is 0.899 bits per heavy atom. The molecule has 0 saturated carbocycles. The molecule has 6 nitrogen and oxygen atoms in total. The van der Waals surface area contributed by atoms with Gasteiger partial charge in [-0.15, -0.1) is 0 Å². The largest absolute Gasteiger partial charge is 0.466 e. The van der Waals surface area contributed by atoms with Crippen molar-refractivity contribution in [2.75, 3.05) is 13.2 Å². The van der Waals surface area contributed by atoms with E-state index in [1.165, 1.54) is 327 Å². The van der Waals surface area contributed by atoms with E-state index in [0.717, 1.165) is 44.9 Å². The van der Waals surface area contributed by atoms with Gasteiger partial charge in [0.1, 0.15) is 0 Å². The lowest BCUT2D eigenvalue weighted by Gasteiger charge is -2.22. The quantitative estimate of drug-likeness (QED) is 0.0320. The van der Waals surface area contributed by atoms with Crippen LogP contribution in [0, 0.1) is 0 Å². The molecule has 0 fully saturated rings. The second-order valence-corrected chi connectivity index (χ2v) is 24.9. The summed E-state index contributed by atoms with van der Waals surface area (Å²) in [6.45, 7) is 4.98. The second kappa shape index (κ2) is 68.8. The zero-order chi connectivity index (χ0) is 57.1. The van der Waals surface area contributed by atoms with Gasteiger partial charge in [0.25, 0.3) is 0 Å². The summed E-state index contributed by atoms with van der Waals surface area (Å²) in [5.41, 5.74) is 0. The van der Waals surface area contributed by atoms with Gasteiger partial charge >= 0.3 is 5.97 Å². The highest BCUT2D eigenvalue weighted by molar-refractivity contribution is 5.76. The van der Waals surface area contributed by atoms with E-state index in [1.54, 1.807) is 0 Å². The molecule has 6 heteroatoms. The third kappa shape index (κ3) is 65.4. The van der Waals surface area contributed by atoms with Crippen LogP contribution >= 0.6 is 0 Å². The van der Waals surface area contributed by atoms with Crippen molar-refractivity contribution >= 4 is 11.9 Å². The fraction of sp³-hybridized carbons (Fsp3) is 0.918. The summed E-state index contributed by atoms with van der Waals surface area (Å²) in [6, 6.07) is -0.542. The normalized spacial score (nSPS) is 12.6. The number of hydrogen-bond acceptors (Lipinski definition) is 5. The topological polar surface area (TPSA) is 95.9 Å². The lowest BCUT2D eigenvalue weighted by Crippen LogP contribution is -2.45. The Labute approximate surface area is 494 Å². The molecule has 1 amide bonds. The Kier molecular flexibility index (Phi) is 67.4. The molecule has 0 rings (SSSR count). The molecule has 2 atom stereocenters. The maximum absolute atomic E-state index is 12.5. The van der Waals surface area contributed by atoms with Crippen molar-refractivity contribution in [2.24, 2.45) is 0 Å². The van der Waals surface area contributed by atoms with Crippen LogP contribution in [0.15, 0.2) is 24.3 Å². The molecule has 0 radical (unpaired) electrons. The fourth-order valence-electron chi connectivity index (χ4n) is 11.5. The zero-order valence-corrected chi connectivity index (χ0v) is 53.6. The summed E-state index contributed by atoms with van der Waals surface area (Å²) in [4.78, 5) is 24.6. The van der Waals surface area contributed by atoms with Crippen molar-refractivity contribution < 1.29 is 24.5 Å². The number of unbranched alkanes of at least 4 members (excludes halogenated alkanes) is 53. The summed E-state index contributed by atoms with van der Waals surface area (Å²) >= 11 is 0. The van der Waals surface area contributed by atoms with E-state index < -0.39 is 12.1 Å². The van der Waals surface area contributed by atoms with Crippen LogP contribution < -0.4 is 5.32 Å². The highest BCUT2D eigenvalue weighted by atomic mass is 16.5. The molecule has 0 heterocycles. The van der Waals surface area contributed by atoms with E-state index in [4.69, 9.17) is 4.74 Å². The predicted octanol–water partition coefficient (Wildman–Crippen LogP) is 23.3. The molecule has 0 aliphatic rings. The van der Waals surface area contributed by atoms with Crippen LogP contribution in [0.2, 0.25) is 0 Å². The first-order valence-corrected chi connectivity index (χ1v) is 36.1. The minimum Gasteiger partial charge on any atom is -0.466 e. The Morgan fingerprint density at radius 1 is 0.342 bits per heavy atom. The SMILES string of the molecule is CCCCCCC/C=C\CCCCCCCC(=O)OCCCCCCCCCCCCCC/C=C\CCCCCCCCCCCCCCC(=O)NC(CO)C(O)CCCCCCCCCCCCCCCCCCCCCC. The van der Waals surface area contributed by atoms with Crippen molar-refractivity contribution in [3.63, 3.8) is 0 Å². The van der Waals surface area contributed by atoms with Crippen LogP contribution in [0.25, 0.3) is 0 Å². The monoisotopic (exact) mass is 1110 g/mol. The minimum atomic E-state index is -0.665. The van der Waals surface area contributed by atoms with Crippen molar-refractivity contribution in [2.45, 2.75) is 418 Å². The summed E-state index contributed by atoms with van der Waals surface area (Å²) in [5.74, 6) is -0.0225. The smallest absolute Gasteiger partial charge is 0.305 e. The number of carbonyl (C=O) groups excluding carboxylic acids is 2. The first kappa shape index (κ1) is 77.3. The van der Waals surface area contributed by atoms with E-state index in [9.17, 15) is 19.8 Å². The molecule has 468 valence electrons. The van der Waals surface area contributed by atoms with E-state index in [2.05, 4.69) is 43.5 Å². The van der Waals surface area contributed by atoms with Crippen molar-refractivity contribution in [1.29, 1.82) is 0 Å². The van der Waals surface area contributed by atoms with Crippen LogP contribution in [0.1, 0.15) is 406 Å². The lowest BCUT2D eigenvalue weighted by atomic mass is 10.0. The summed E-state index contributed by atoms with van der Waals surface area (Å²) < 4.78 is 5.49. The van der Waals surface area contributed by atoms with E-state index >= 15 is 0 Å². The van der Waals surface area contributed by atoms with Crippen molar-refractivity contribution in [3.05, 3.63) is 24.3 Å². The Morgan fingerprint density at radius 2 is 0.595 bits per heavy atom. The maximum Gasteiger partial charge on any atom is 0.305 e. The molecule has 0 aliphatic carbocycles. The first-order valence-electron chi connectivity index (χ1n) is 36.1. The molecule has 0 aliphatic heterocycles. The minimum absolute atomic E-state index is 0.00805. The number of carbonyl (C=O) groups is 2. The molecule has 79 heavy (non-hydrogen) atoms. The van der Waals surface area contributed by atoms with Gasteiger partial charge in [-0.2, -0.15) is 0 Å². The standard InChI is InChI=1S/C73H141NO5/c1-3-5-7-9-11-13-15-17-19-20-21-32-35-38-41-45-49-53-57-61-65-71(76)70(69-75)74-72(77)66-62-58-54-50-46-42-39-36-33-30-28-26-24-22-23-25-27-29-31-34-37-40-44-48-52-56-60-64-68-79-73(78)67-63-59-55-51-47-43-18-16-14-12-10-8-6-4-2/h16,18,22-23,70-71,75-76H,3-15,17,19-21,24-69H2,1-2H3,(H,74,77)/b18-16-,23-22-. The van der Waals surface area contributed by atoms with Crippen LogP contribution in [0.5, 0.6) is 0 Å². The Balaban J connectivity index is 3.38. The summed E-state index contributed by atoms with van der Waals surface area (Å²) in [6.07, 6.45) is 86.6. The highest BCUT2D eigenvalue weighted by Crippen LogP contribution is 2.19. The molecule has 0 bridgehead atoms. The van der Waals surface area contributed by atoms with Gasteiger partial charge in [-0.05, 0) is 77.0 Å². The summed E-state index contributed by atoms with van der Waals surface area (Å²) in [7, 11) is 0. The zero-order valence-electron chi connectivity index (χ0n) is 53.6. The second-order valence-electron chi connectivity index (χ2n) is 24.9. The number of allylic oxidation sites excluding steroid dienone is 4. The van der Waals surface area contributed by atoms with E-state index in [-0.39, 0.29) is 18.5 Å². The number of aliphatic hydroxyl groups excluding tert-OH is 2. The molecule has 2 unspecified atom stereocenters. The average Bonchev–Trinajstić information content (AvgIpc) is 3.45. The highest BCUT2D eigenvalue weighted by Gasteiger charge is 2.20. The molecular formula is C73H141NO5. The number of hydrogen-bond donors (Lipinski definition) is 3. The van der Waals surface area contributed by atoms with Crippen molar-refractivity contribution in [1.82, 2.24) is 5.32 Å². The van der Waals surface area contributed by atoms with Gasteiger partial charge in [-0.1, -0.05) is 340 Å². The van der Waals surface area contributed by atoms with E-state index in [1.807, 2.05) is 0 Å². The fourth-order valence-corrected chi connectivity index (χ4v) is 11.5. The molecule has 0 aromatic carbocycles. The van der Waals surface area contributed by atoms with Crippen LogP contribution in [0.3, 0.4) is 0 Å². The number of aliphatic hydroxyl groups is 2. The van der Waals surface area contributed by atoms with Crippen LogP contribution in [-0.2, 0) is 14.3 Å². The van der Waals surface area contributed by atoms with Gasteiger partial charge in [0, 0.05) is 12.8 Å². The Bertz CT molecular complexity index is 1230. The molecule has 0 aromatic heterocycles. The molecule has 0 spiro atoms. The van der Waals surface area contributed by atoms with Crippen molar-refractivity contribution in [3.8, 4) is 0 Å². The predicted molar refractivity (Wildman–Crippen MR) is 347 cm³/mol. The lowest BCUT2D eigenvalue weighted by molar-refractivity contribution is -0.143. The van der Waals surface area contributed by atoms with Gasteiger partial charge in [-0.25, -0.2) is 0 Å². The Hall–Kier alpha value is -1.66. The molecule has 0 aromatic rings. The van der Waals surface area contributed by atoms with Gasteiger partial charge in [-0.3, -0.25) is 9.59 Å².